The van der Waals surface area contributed by atoms with E-state index in [4.69, 9.17) is 9.97 Å². The molecular formula is C43H27N3. The molecule has 2 aromatic heterocycles. The fourth-order valence-corrected chi connectivity index (χ4v) is 6.75. The molecule has 0 spiro atoms. The maximum Gasteiger partial charge on any atom is 0.161 e. The van der Waals surface area contributed by atoms with Crippen LogP contribution in [-0.2, 0) is 0 Å². The predicted octanol–water partition coefficient (Wildman–Crippen LogP) is 11.0. The smallest absolute Gasteiger partial charge is 0.161 e. The molecule has 3 heteroatoms. The summed E-state index contributed by atoms with van der Waals surface area (Å²) in [4.78, 5) is 14.9. The Labute approximate surface area is 267 Å². The molecule has 0 aliphatic heterocycles. The van der Waals surface area contributed by atoms with Crippen molar-refractivity contribution in [3.8, 4) is 78.4 Å². The van der Waals surface area contributed by atoms with E-state index in [-0.39, 0.29) is 0 Å². The molecular weight excluding hydrogens is 558 g/mol. The number of pyridine rings is 1. The monoisotopic (exact) mass is 585 g/mol. The van der Waals surface area contributed by atoms with Gasteiger partial charge >= 0.3 is 0 Å². The van der Waals surface area contributed by atoms with Gasteiger partial charge < -0.3 is 0 Å². The van der Waals surface area contributed by atoms with E-state index in [1.165, 1.54) is 33.2 Å². The van der Waals surface area contributed by atoms with Gasteiger partial charge in [0, 0.05) is 34.6 Å². The molecule has 1 aliphatic carbocycles. The van der Waals surface area contributed by atoms with Gasteiger partial charge in [0.1, 0.15) is 0 Å². The van der Waals surface area contributed by atoms with Crippen LogP contribution in [0.2, 0.25) is 0 Å². The first-order valence-electron chi connectivity index (χ1n) is 15.5. The second-order valence-electron chi connectivity index (χ2n) is 11.7. The van der Waals surface area contributed by atoms with Gasteiger partial charge in [0.05, 0.1) is 11.4 Å². The van der Waals surface area contributed by atoms with Crippen molar-refractivity contribution in [1.82, 2.24) is 15.0 Å². The first-order chi connectivity index (χ1) is 22.8. The number of rotatable bonds is 5. The number of nitrogens with zero attached hydrogens (tertiary/aromatic N) is 3. The van der Waals surface area contributed by atoms with Gasteiger partial charge in [-0.1, -0.05) is 121 Å². The lowest BCUT2D eigenvalue weighted by molar-refractivity contribution is 1.19. The lowest BCUT2D eigenvalue weighted by Crippen LogP contribution is -1.97. The van der Waals surface area contributed by atoms with Crippen LogP contribution in [0.4, 0.5) is 0 Å². The summed E-state index contributed by atoms with van der Waals surface area (Å²) in [6, 6.07) is 53.5. The van der Waals surface area contributed by atoms with Crippen molar-refractivity contribution >= 4 is 10.8 Å². The summed E-state index contributed by atoms with van der Waals surface area (Å²) < 4.78 is 0. The van der Waals surface area contributed by atoms with Crippen molar-refractivity contribution in [3.63, 3.8) is 0 Å². The molecule has 0 radical (unpaired) electrons. The second kappa shape index (κ2) is 10.8. The molecule has 0 N–H and O–H groups in total. The van der Waals surface area contributed by atoms with E-state index in [2.05, 4.69) is 145 Å². The van der Waals surface area contributed by atoms with Crippen molar-refractivity contribution in [1.29, 1.82) is 0 Å². The first kappa shape index (κ1) is 26.2. The summed E-state index contributed by atoms with van der Waals surface area (Å²) >= 11 is 0. The molecule has 0 fully saturated rings. The number of hydrogen-bond donors (Lipinski definition) is 0. The minimum atomic E-state index is 0.712. The molecule has 0 saturated carbocycles. The van der Waals surface area contributed by atoms with Crippen molar-refractivity contribution < 1.29 is 0 Å². The third kappa shape index (κ3) is 4.41. The molecule has 0 bridgehead atoms. The molecule has 1 aliphatic rings. The van der Waals surface area contributed by atoms with E-state index in [1.54, 1.807) is 6.20 Å². The van der Waals surface area contributed by atoms with Crippen LogP contribution in [0.15, 0.2) is 164 Å². The average Bonchev–Trinajstić information content (AvgIpc) is 3.47. The average molecular weight is 586 g/mol. The lowest BCUT2D eigenvalue weighted by Gasteiger charge is -2.13. The summed E-state index contributed by atoms with van der Waals surface area (Å²) in [5.74, 6) is 0.712. The number of hydrogen-bond acceptors (Lipinski definition) is 3. The molecule has 0 amide bonds. The van der Waals surface area contributed by atoms with Crippen molar-refractivity contribution in [2.45, 2.75) is 0 Å². The van der Waals surface area contributed by atoms with E-state index in [9.17, 15) is 0 Å². The van der Waals surface area contributed by atoms with Gasteiger partial charge in [0.15, 0.2) is 5.82 Å². The Kier molecular flexibility index (Phi) is 6.14. The zero-order valence-corrected chi connectivity index (χ0v) is 24.9. The van der Waals surface area contributed by atoms with Crippen LogP contribution in [0.1, 0.15) is 0 Å². The minimum absolute atomic E-state index is 0.712. The second-order valence-corrected chi connectivity index (χ2v) is 11.7. The van der Waals surface area contributed by atoms with Gasteiger partial charge in [-0.15, -0.1) is 0 Å². The molecule has 46 heavy (non-hydrogen) atoms. The number of fused-ring (bicyclic) bond motifs is 3. The number of aromatic nitrogens is 3. The Morgan fingerprint density at radius 2 is 0.891 bits per heavy atom. The quantitative estimate of drug-likeness (QED) is 0.202. The minimum Gasteiger partial charge on any atom is -0.264 e. The van der Waals surface area contributed by atoms with Crippen LogP contribution in [0.5, 0.6) is 0 Å². The Bertz CT molecular complexity index is 2280. The summed E-state index contributed by atoms with van der Waals surface area (Å²) in [6.07, 6.45) is 3.70. The molecule has 0 atom stereocenters. The lowest BCUT2D eigenvalue weighted by atomic mass is 9.97. The van der Waals surface area contributed by atoms with Gasteiger partial charge in [0.25, 0.3) is 0 Å². The normalized spacial score (nSPS) is 11.5. The molecule has 0 saturated heterocycles. The Balaban J connectivity index is 1.26. The summed E-state index contributed by atoms with van der Waals surface area (Å²) in [7, 11) is 0. The Morgan fingerprint density at radius 1 is 0.348 bits per heavy atom. The number of benzene rings is 6. The van der Waals surface area contributed by atoms with Crippen LogP contribution in [0.25, 0.3) is 89.2 Å². The van der Waals surface area contributed by atoms with Crippen LogP contribution in [-0.4, -0.2) is 15.0 Å². The van der Waals surface area contributed by atoms with Crippen molar-refractivity contribution in [2.75, 3.05) is 0 Å². The zero-order valence-electron chi connectivity index (χ0n) is 24.9. The van der Waals surface area contributed by atoms with Crippen LogP contribution in [0, 0.1) is 0 Å². The maximum atomic E-state index is 5.27. The third-order valence-electron chi connectivity index (χ3n) is 8.93. The molecule has 8 aromatic rings. The van der Waals surface area contributed by atoms with E-state index in [1.807, 2.05) is 18.3 Å². The highest BCUT2D eigenvalue weighted by Gasteiger charge is 2.23. The molecule has 2 heterocycles. The predicted molar refractivity (Wildman–Crippen MR) is 189 cm³/mol. The van der Waals surface area contributed by atoms with E-state index in [0.29, 0.717) is 5.82 Å². The van der Waals surface area contributed by atoms with Crippen molar-refractivity contribution in [2.24, 2.45) is 0 Å². The topological polar surface area (TPSA) is 38.7 Å². The summed E-state index contributed by atoms with van der Waals surface area (Å²) in [6.45, 7) is 0. The molecule has 9 rings (SSSR count). The van der Waals surface area contributed by atoms with E-state index < -0.39 is 0 Å². The third-order valence-corrected chi connectivity index (χ3v) is 8.93. The van der Waals surface area contributed by atoms with E-state index >= 15 is 0 Å². The summed E-state index contributed by atoms with van der Waals surface area (Å²) in [5.41, 5.74) is 14.5. The van der Waals surface area contributed by atoms with Gasteiger partial charge in [-0.3, -0.25) is 4.98 Å². The van der Waals surface area contributed by atoms with Gasteiger partial charge in [-0.05, 0) is 80.0 Å². The van der Waals surface area contributed by atoms with Gasteiger partial charge in [0.2, 0.25) is 0 Å². The van der Waals surface area contributed by atoms with Gasteiger partial charge in [-0.2, -0.15) is 0 Å². The van der Waals surface area contributed by atoms with E-state index in [0.717, 1.165) is 50.2 Å². The Morgan fingerprint density at radius 3 is 1.59 bits per heavy atom. The fraction of sp³-hybridized carbons (Fsp3) is 0. The van der Waals surface area contributed by atoms with Crippen LogP contribution in [0.3, 0.4) is 0 Å². The molecule has 3 nitrogen and oxygen atoms in total. The molecule has 0 unspecified atom stereocenters. The highest BCUT2D eigenvalue weighted by atomic mass is 14.9. The molecule has 214 valence electrons. The SMILES string of the molecule is c1ccc(-c2cccc(-c3cc(-c4cccc(-c5cccnc5)c4)nc(-c4ccc5c6c(cccc46)-c4ccccc4-5)n3)c2)cc1. The largest absolute Gasteiger partial charge is 0.264 e. The highest BCUT2D eigenvalue weighted by Crippen LogP contribution is 2.49. The van der Waals surface area contributed by atoms with Crippen LogP contribution >= 0.6 is 0 Å². The maximum absolute atomic E-state index is 5.27. The standard InChI is InChI=1S/C43H27N3/c1-2-10-28(11-3-1)29-12-6-14-31(24-29)40-26-41(32-15-7-13-30(25-32)33-16-9-23-44-27-33)46-43(45-40)39-22-21-38-35-18-5-4-17-34(35)36-19-8-20-37(39)42(36)38/h1-27H. The zero-order chi connectivity index (χ0) is 30.5. The first-order valence-corrected chi connectivity index (χ1v) is 15.5. The fourth-order valence-electron chi connectivity index (χ4n) is 6.75. The van der Waals surface area contributed by atoms with Crippen molar-refractivity contribution in [3.05, 3.63) is 164 Å². The van der Waals surface area contributed by atoms with Crippen LogP contribution < -0.4 is 0 Å². The highest BCUT2D eigenvalue weighted by molar-refractivity contribution is 6.18. The summed E-state index contributed by atoms with van der Waals surface area (Å²) in [5, 5.41) is 2.43. The Hall–Kier alpha value is -6.19. The van der Waals surface area contributed by atoms with Gasteiger partial charge in [-0.25, -0.2) is 9.97 Å². The molecule has 6 aromatic carbocycles.